The summed E-state index contributed by atoms with van der Waals surface area (Å²) in [6.07, 6.45) is 1.84. The molecule has 0 saturated carbocycles. The molecule has 1 aromatic rings. The van der Waals surface area contributed by atoms with Crippen molar-refractivity contribution in [3.05, 3.63) is 17.9 Å². The molecule has 0 radical (unpaired) electrons. The van der Waals surface area contributed by atoms with Gasteiger partial charge in [0.05, 0.1) is 18.5 Å². The van der Waals surface area contributed by atoms with Crippen molar-refractivity contribution in [3.63, 3.8) is 0 Å². The Kier molecular flexibility index (Phi) is 2.21. The summed E-state index contributed by atoms with van der Waals surface area (Å²) in [5, 5.41) is 2.75. The van der Waals surface area contributed by atoms with E-state index in [-0.39, 0.29) is 17.7 Å². The minimum Gasteiger partial charge on any atom is -0.494 e. The van der Waals surface area contributed by atoms with Gasteiger partial charge in [-0.05, 0) is 12.8 Å². The molecule has 0 bridgehead atoms. The first-order valence-electron chi connectivity index (χ1n) is 5.66. The molecule has 0 aliphatic carbocycles. The van der Waals surface area contributed by atoms with Crippen LogP contribution in [0.15, 0.2) is 12.1 Å². The second kappa shape index (κ2) is 3.61. The van der Waals surface area contributed by atoms with Gasteiger partial charge in [-0.2, -0.15) is 0 Å². The van der Waals surface area contributed by atoms with Crippen LogP contribution in [0.4, 0.5) is 15.8 Å². The molecule has 2 aliphatic heterocycles. The second-order valence-electron chi connectivity index (χ2n) is 4.34. The number of halogens is 1. The first-order chi connectivity index (χ1) is 8.20. The Morgan fingerprint density at radius 3 is 3.12 bits per heavy atom. The Morgan fingerprint density at radius 2 is 2.35 bits per heavy atom. The lowest BCUT2D eigenvalue weighted by Crippen LogP contribution is -2.43. The lowest BCUT2D eigenvalue weighted by Gasteiger charge is -2.33. The summed E-state index contributed by atoms with van der Waals surface area (Å²) in [6, 6.07) is 2.86. The standard InChI is InChI=1S/C12H13FN2O2/c1-17-11-6-10-8(5-7(11)13)14-12(16)9-3-2-4-15(9)10/h5-6,9H,2-4H2,1H3,(H,14,16). The Balaban J connectivity index is 2.12. The maximum Gasteiger partial charge on any atom is 0.247 e. The van der Waals surface area contributed by atoms with Gasteiger partial charge in [0.2, 0.25) is 5.91 Å². The summed E-state index contributed by atoms with van der Waals surface area (Å²) < 4.78 is 18.5. The van der Waals surface area contributed by atoms with Crippen molar-refractivity contribution in [1.29, 1.82) is 0 Å². The Hall–Kier alpha value is -1.78. The molecule has 1 aromatic carbocycles. The number of carbonyl (C=O) groups excluding carboxylic acids is 1. The van der Waals surface area contributed by atoms with Crippen LogP contribution in [-0.4, -0.2) is 25.6 Å². The van der Waals surface area contributed by atoms with Crippen LogP contribution in [0.5, 0.6) is 5.75 Å². The fourth-order valence-corrected chi connectivity index (χ4v) is 2.58. The molecule has 1 N–H and O–H groups in total. The highest BCUT2D eigenvalue weighted by atomic mass is 19.1. The third kappa shape index (κ3) is 1.45. The molecule has 5 heteroatoms. The van der Waals surface area contributed by atoms with Crippen LogP contribution in [0, 0.1) is 5.82 Å². The second-order valence-corrected chi connectivity index (χ2v) is 4.34. The molecule has 17 heavy (non-hydrogen) atoms. The molecule has 1 unspecified atom stereocenters. The molecular weight excluding hydrogens is 223 g/mol. The van der Waals surface area contributed by atoms with E-state index in [0.717, 1.165) is 25.1 Å². The van der Waals surface area contributed by atoms with Crippen LogP contribution in [0.25, 0.3) is 0 Å². The minimum absolute atomic E-state index is 0.0421. The van der Waals surface area contributed by atoms with Crippen LogP contribution in [0.1, 0.15) is 12.8 Å². The van der Waals surface area contributed by atoms with E-state index < -0.39 is 5.82 Å². The molecule has 1 atom stereocenters. The Morgan fingerprint density at radius 1 is 1.53 bits per heavy atom. The smallest absolute Gasteiger partial charge is 0.247 e. The molecule has 3 rings (SSSR count). The van der Waals surface area contributed by atoms with Gasteiger partial charge in [-0.15, -0.1) is 0 Å². The van der Waals surface area contributed by atoms with E-state index in [1.165, 1.54) is 13.2 Å². The van der Waals surface area contributed by atoms with Gasteiger partial charge in [-0.25, -0.2) is 4.39 Å². The zero-order valence-corrected chi connectivity index (χ0v) is 9.50. The number of rotatable bonds is 1. The molecule has 0 spiro atoms. The predicted octanol–water partition coefficient (Wildman–Crippen LogP) is 1.76. The molecular formula is C12H13FN2O2. The van der Waals surface area contributed by atoms with Gasteiger partial charge >= 0.3 is 0 Å². The van der Waals surface area contributed by atoms with Crippen molar-refractivity contribution in [2.24, 2.45) is 0 Å². The van der Waals surface area contributed by atoms with Crippen molar-refractivity contribution in [3.8, 4) is 5.75 Å². The summed E-state index contributed by atoms with van der Waals surface area (Å²) in [6.45, 7) is 0.833. The van der Waals surface area contributed by atoms with Crippen LogP contribution in [-0.2, 0) is 4.79 Å². The topological polar surface area (TPSA) is 41.6 Å². The van der Waals surface area contributed by atoms with E-state index in [0.29, 0.717) is 5.69 Å². The summed E-state index contributed by atoms with van der Waals surface area (Å²) in [5.41, 5.74) is 1.39. The number of anilines is 2. The summed E-state index contributed by atoms with van der Waals surface area (Å²) in [4.78, 5) is 13.8. The number of hydrogen-bond donors (Lipinski definition) is 1. The maximum atomic E-state index is 13.6. The molecule has 1 fully saturated rings. The van der Waals surface area contributed by atoms with Crippen LogP contribution >= 0.6 is 0 Å². The Labute approximate surface area is 98.4 Å². The summed E-state index contributed by atoms with van der Waals surface area (Å²) in [5.74, 6) is -0.283. The fraction of sp³-hybridized carbons (Fsp3) is 0.417. The SMILES string of the molecule is COc1cc2c(cc1F)NC(=O)C1CCCN21. The number of amides is 1. The molecule has 1 amide bonds. The van der Waals surface area contributed by atoms with E-state index in [1.54, 1.807) is 6.07 Å². The van der Waals surface area contributed by atoms with Gasteiger partial charge in [0.15, 0.2) is 11.6 Å². The number of hydrogen-bond acceptors (Lipinski definition) is 3. The minimum atomic E-state index is -0.454. The average Bonchev–Trinajstić information content (AvgIpc) is 2.78. The third-order valence-corrected chi connectivity index (χ3v) is 3.39. The van der Waals surface area contributed by atoms with Crippen LogP contribution < -0.4 is 15.0 Å². The molecule has 0 aromatic heterocycles. The number of nitrogens with zero attached hydrogens (tertiary/aromatic N) is 1. The predicted molar refractivity (Wildman–Crippen MR) is 61.9 cm³/mol. The third-order valence-electron chi connectivity index (χ3n) is 3.39. The first-order valence-corrected chi connectivity index (χ1v) is 5.66. The van der Waals surface area contributed by atoms with Gasteiger partial charge in [0.25, 0.3) is 0 Å². The average molecular weight is 236 g/mol. The van der Waals surface area contributed by atoms with Crippen LogP contribution in [0.3, 0.4) is 0 Å². The molecule has 2 heterocycles. The van der Waals surface area contributed by atoms with Crippen molar-refractivity contribution >= 4 is 17.3 Å². The molecule has 2 aliphatic rings. The number of carbonyl (C=O) groups is 1. The number of fused-ring (bicyclic) bond motifs is 3. The van der Waals surface area contributed by atoms with E-state index in [1.807, 2.05) is 4.90 Å². The van der Waals surface area contributed by atoms with Gasteiger partial charge in [-0.1, -0.05) is 0 Å². The summed E-state index contributed by atoms with van der Waals surface area (Å²) in [7, 11) is 1.44. The molecule has 4 nitrogen and oxygen atoms in total. The fourth-order valence-electron chi connectivity index (χ4n) is 2.58. The maximum absolute atomic E-state index is 13.6. The van der Waals surface area contributed by atoms with E-state index in [4.69, 9.17) is 4.74 Å². The van der Waals surface area contributed by atoms with Crippen molar-refractivity contribution in [2.75, 3.05) is 23.9 Å². The van der Waals surface area contributed by atoms with E-state index in [2.05, 4.69) is 5.32 Å². The van der Waals surface area contributed by atoms with E-state index in [9.17, 15) is 9.18 Å². The number of methoxy groups -OCH3 is 1. The zero-order chi connectivity index (χ0) is 12.0. The summed E-state index contributed by atoms with van der Waals surface area (Å²) >= 11 is 0. The number of ether oxygens (including phenoxy) is 1. The number of benzene rings is 1. The van der Waals surface area contributed by atoms with Crippen molar-refractivity contribution in [2.45, 2.75) is 18.9 Å². The van der Waals surface area contributed by atoms with Crippen molar-refractivity contribution < 1.29 is 13.9 Å². The van der Waals surface area contributed by atoms with Gasteiger partial charge < -0.3 is 15.0 Å². The van der Waals surface area contributed by atoms with E-state index >= 15 is 0 Å². The normalized spacial score (nSPS) is 21.9. The Bertz CT molecular complexity index is 490. The van der Waals surface area contributed by atoms with Crippen LogP contribution in [0.2, 0.25) is 0 Å². The largest absolute Gasteiger partial charge is 0.494 e. The first kappa shape index (κ1) is 10.4. The van der Waals surface area contributed by atoms with Gasteiger partial charge in [0.1, 0.15) is 6.04 Å². The van der Waals surface area contributed by atoms with Gasteiger partial charge in [-0.3, -0.25) is 4.79 Å². The number of nitrogens with one attached hydrogen (secondary N) is 1. The lowest BCUT2D eigenvalue weighted by atomic mass is 10.1. The van der Waals surface area contributed by atoms with Crippen molar-refractivity contribution in [1.82, 2.24) is 0 Å². The zero-order valence-electron chi connectivity index (χ0n) is 9.50. The van der Waals surface area contributed by atoms with Gasteiger partial charge in [0, 0.05) is 18.7 Å². The highest BCUT2D eigenvalue weighted by Crippen LogP contribution is 2.39. The highest BCUT2D eigenvalue weighted by molar-refractivity contribution is 6.04. The highest BCUT2D eigenvalue weighted by Gasteiger charge is 2.36. The molecule has 90 valence electrons. The quantitative estimate of drug-likeness (QED) is 0.807. The lowest BCUT2D eigenvalue weighted by molar-refractivity contribution is -0.117. The molecule has 1 saturated heterocycles. The monoisotopic (exact) mass is 236 g/mol.